The first kappa shape index (κ1) is 40.5. The molecule has 0 aromatic rings. The van der Waals surface area contributed by atoms with Crippen molar-refractivity contribution in [2.75, 3.05) is 13.7 Å². The van der Waals surface area contributed by atoms with Gasteiger partial charge in [-0.15, -0.1) is 0 Å². The number of ether oxygens (including phenoxy) is 3. The van der Waals surface area contributed by atoms with E-state index in [2.05, 4.69) is 45.6 Å². The van der Waals surface area contributed by atoms with Gasteiger partial charge in [-0.1, -0.05) is 70.2 Å². The number of methoxy groups -OCH3 is 1. The number of rotatable bonds is 4. The van der Waals surface area contributed by atoms with Crippen molar-refractivity contribution in [1.82, 2.24) is 4.90 Å². The van der Waals surface area contributed by atoms with Crippen molar-refractivity contribution in [3.8, 4) is 0 Å². The Bertz CT molecular complexity index is 1220. The number of piperidine rings is 1. The first-order valence-electron chi connectivity index (χ1n) is 19.6. The number of nitrogens with zero attached hydrogens (tertiary/aromatic N) is 1. The molecule has 1 amide bonds. The van der Waals surface area contributed by atoms with Crippen LogP contribution in [0.1, 0.15) is 125 Å². The van der Waals surface area contributed by atoms with Crippen LogP contribution >= 0.6 is 0 Å². The Morgan fingerprint density at radius 1 is 1.02 bits per heavy atom. The predicted octanol–water partition coefficient (Wildman–Crippen LogP) is 7.84. The molecular formula is C42H67NO7. The summed E-state index contributed by atoms with van der Waals surface area (Å²) < 4.78 is 18.7. The third-order valence-corrected chi connectivity index (χ3v) is 12.2. The summed E-state index contributed by atoms with van der Waals surface area (Å²) in [6.07, 6.45) is 19.5. The number of hydrogen-bond acceptors (Lipinski definition) is 7. The Balaban J connectivity index is 1.61. The molecular weight excluding hydrogens is 630 g/mol. The van der Waals surface area contributed by atoms with Crippen LogP contribution in [0.4, 0.5) is 0 Å². The van der Waals surface area contributed by atoms with E-state index in [1.165, 1.54) is 0 Å². The quantitative estimate of drug-likeness (QED) is 0.228. The largest absolute Gasteiger partial charge is 0.460 e. The number of carbonyl (C=O) groups is 2. The molecule has 3 fully saturated rings. The molecule has 9 atom stereocenters. The van der Waals surface area contributed by atoms with Crippen LogP contribution < -0.4 is 0 Å². The fourth-order valence-electron chi connectivity index (χ4n) is 8.55. The Hall–Kier alpha value is -2.26. The zero-order chi connectivity index (χ0) is 36.4. The fourth-order valence-corrected chi connectivity index (χ4v) is 8.55. The van der Waals surface area contributed by atoms with Gasteiger partial charge in [-0.3, -0.25) is 4.79 Å². The van der Waals surface area contributed by atoms with Gasteiger partial charge < -0.3 is 29.3 Å². The second-order valence-electron chi connectivity index (χ2n) is 16.3. The van der Waals surface area contributed by atoms with Crippen molar-refractivity contribution in [2.24, 2.45) is 29.6 Å². The number of aliphatic hydroxyl groups is 2. The first-order chi connectivity index (χ1) is 23.8. The summed E-state index contributed by atoms with van der Waals surface area (Å²) >= 11 is 0. The maximum atomic E-state index is 14.1. The van der Waals surface area contributed by atoms with Gasteiger partial charge in [0.05, 0.1) is 24.7 Å². The smallest absolute Gasteiger partial charge is 0.329 e. The average Bonchev–Trinajstić information content (AvgIpc) is 3.08. The van der Waals surface area contributed by atoms with Crippen LogP contribution in [0.25, 0.3) is 0 Å². The third-order valence-electron chi connectivity index (χ3n) is 12.2. The van der Waals surface area contributed by atoms with E-state index in [4.69, 9.17) is 14.2 Å². The van der Waals surface area contributed by atoms with Crippen LogP contribution in [0.2, 0.25) is 0 Å². The van der Waals surface area contributed by atoms with E-state index in [-0.39, 0.29) is 60.5 Å². The van der Waals surface area contributed by atoms with E-state index < -0.39 is 11.8 Å². The number of esters is 1. The second kappa shape index (κ2) is 19.0. The van der Waals surface area contributed by atoms with Gasteiger partial charge in [-0.05, 0) is 107 Å². The molecule has 8 nitrogen and oxygen atoms in total. The SMILES string of the molecule is C=C1CC([C@H](C)C[C@H]2CC[C@H](O)CC2)OC(=O)[C@@H]2CCCCN2C(=O)C[C@]2(O)O[C@@H](CC[C@H]2C)C[C@H](OC)/C(C)=C/C=C/C=C/[C@@H](C)C[C@H]1C. The van der Waals surface area contributed by atoms with Gasteiger partial charge in [-0.2, -0.15) is 0 Å². The summed E-state index contributed by atoms with van der Waals surface area (Å²) in [6, 6.07) is -0.690. The van der Waals surface area contributed by atoms with Crippen LogP contribution in [-0.2, 0) is 23.8 Å². The maximum absolute atomic E-state index is 14.1. The number of allylic oxidation sites excluding steroid dienone is 5. The van der Waals surface area contributed by atoms with E-state index in [1.807, 2.05) is 26.0 Å². The monoisotopic (exact) mass is 697 g/mol. The van der Waals surface area contributed by atoms with Gasteiger partial charge >= 0.3 is 5.97 Å². The van der Waals surface area contributed by atoms with Crippen LogP contribution in [0.3, 0.4) is 0 Å². The molecule has 0 aromatic heterocycles. The van der Waals surface area contributed by atoms with Crippen molar-refractivity contribution < 1.29 is 34.0 Å². The highest BCUT2D eigenvalue weighted by Crippen LogP contribution is 2.39. The number of hydrogen-bond donors (Lipinski definition) is 2. The number of fused-ring (bicyclic) bond motifs is 3. The van der Waals surface area contributed by atoms with Gasteiger partial charge in [0.25, 0.3) is 0 Å². The molecule has 282 valence electrons. The highest BCUT2D eigenvalue weighted by atomic mass is 16.6. The van der Waals surface area contributed by atoms with E-state index in [1.54, 1.807) is 12.0 Å². The summed E-state index contributed by atoms with van der Waals surface area (Å²) in [4.78, 5) is 29.8. The molecule has 0 aromatic carbocycles. The highest BCUT2D eigenvalue weighted by molar-refractivity contribution is 5.85. The van der Waals surface area contributed by atoms with E-state index in [0.717, 1.165) is 75.4 Å². The molecule has 1 unspecified atom stereocenters. The van der Waals surface area contributed by atoms with Crippen LogP contribution in [0.5, 0.6) is 0 Å². The standard InChI is InChI=1S/C42H67NO7/c1-28-13-9-8-10-14-29(2)38(48-7)26-36-21-16-33(6)42(47,50-36)27-40(45)43-22-12-11-15-37(43)41(46)49-39(25-31(4)30(3)23-28)32(5)24-34-17-19-35(44)20-18-34/h8-10,13-14,28,30,32-39,44,47H,4,11-12,15-27H2,1-3,5-7H3/b10-8+,13-9+,29-14+/t28-,30-,32-,33-,34-,35-,36+,37+,38+,39?,42+/m1/s1. The summed E-state index contributed by atoms with van der Waals surface area (Å²) in [5.74, 6) is -1.33. The van der Waals surface area contributed by atoms with Crippen LogP contribution in [0, 0.1) is 29.6 Å². The summed E-state index contributed by atoms with van der Waals surface area (Å²) in [5, 5.41) is 21.9. The normalized spacial score (nSPS) is 40.5. The average molecular weight is 698 g/mol. The van der Waals surface area contributed by atoms with Crippen LogP contribution in [0.15, 0.2) is 48.1 Å². The lowest BCUT2D eigenvalue weighted by Gasteiger charge is -2.44. The Morgan fingerprint density at radius 2 is 1.76 bits per heavy atom. The summed E-state index contributed by atoms with van der Waals surface area (Å²) in [6.45, 7) is 15.5. The van der Waals surface area contributed by atoms with Gasteiger partial charge in [0, 0.05) is 32.4 Å². The number of carbonyl (C=O) groups excluding carboxylic acids is 2. The van der Waals surface area contributed by atoms with Gasteiger partial charge in [0.15, 0.2) is 5.79 Å². The van der Waals surface area contributed by atoms with Gasteiger partial charge in [-0.25, -0.2) is 4.79 Å². The number of cyclic esters (lactones) is 1. The maximum Gasteiger partial charge on any atom is 0.329 e. The zero-order valence-electron chi connectivity index (χ0n) is 31.9. The molecule has 1 saturated carbocycles. The van der Waals surface area contributed by atoms with Gasteiger partial charge in [0.2, 0.25) is 5.91 Å². The lowest BCUT2D eigenvalue weighted by atomic mass is 9.79. The predicted molar refractivity (Wildman–Crippen MR) is 198 cm³/mol. The third kappa shape index (κ3) is 11.4. The van der Waals surface area contributed by atoms with Gasteiger partial charge in [0.1, 0.15) is 12.1 Å². The lowest BCUT2D eigenvalue weighted by Crippen LogP contribution is -2.54. The molecule has 3 heterocycles. The van der Waals surface area contributed by atoms with E-state index in [9.17, 15) is 19.8 Å². The molecule has 4 rings (SSSR count). The minimum Gasteiger partial charge on any atom is -0.460 e. The highest BCUT2D eigenvalue weighted by Gasteiger charge is 2.46. The molecule has 2 saturated heterocycles. The molecule has 2 N–H and O–H groups in total. The molecule has 4 aliphatic rings. The van der Waals surface area contributed by atoms with Crippen molar-refractivity contribution in [1.29, 1.82) is 0 Å². The Labute approximate surface area is 302 Å². The van der Waals surface area contributed by atoms with E-state index >= 15 is 0 Å². The van der Waals surface area contributed by atoms with Crippen LogP contribution in [-0.4, -0.2) is 76.9 Å². The minimum absolute atomic E-state index is 0.106. The van der Waals surface area contributed by atoms with Crippen molar-refractivity contribution in [2.45, 2.75) is 161 Å². The fraction of sp³-hybridized carbons (Fsp3) is 0.762. The van der Waals surface area contributed by atoms with E-state index in [0.29, 0.717) is 37.6 Å². The molecule has 0 radical (unpaired) electrons. The molecule has 50 heavy (non-hydrogen) atoms. The minimum atomic E-state index is -1.63. The summed E-state index contributed by atoms with van der Waals surface area (Å²) in [5.41, 5.74) is 2.14. The van der Waals surface area contributed by atoms with Crippen molar-refractivity contribution in [3.63, 3.8) is 0 Å². The number of aliphatic hydroxyl groups excluding tert-OH is 1. The first-order valence-corrected chi connectivity index (χ1v) is 19.6. The molecule has 0 spiro atoms. The molecule has 2 bridgehead atoms. The van der Waals surface area contributed by atoms with Crippen molar-refractivity contribution >= 4 is 11.9 Å². The lowest BCUT2D eigenvalue weighted by molar-refractivity contribution is -0.284. The topological polar surface area (TPSA) is 106 Å². The Kier molecular flexibility index (Phi) is 15.4. The zero-order valence-corrected chi connectivity index (χ0v) is 31.9. The molecule has 3 aliphatic heterocycles. The molecule has 1 aliphatic carbocycles. The summed E-state index contributed by atoms with van der Waals surface area (Å²) in [7, 11) is 1.69. The Morgan fingerprint density at radius 3 is 2.48 bits per heavy atom. The molecule has 8 heteroatoms. The second-order valence-corrected chi connectivity index (χ2v) is 16.3. The van der Waals surface area contributed by atoms with Crippen molar-refractivity contribution in [3.05, 3.63) is 48.1 Å². The number of amides is 1.